The van der Waals surface area contributed by atoms with E-state index in [1.54, 1.807) is 6.07 Å². The number of rotatable bonds is 2. The summed E-state index contributed by atoms with van der Waals surface area (Å²) in [5, 5.41) is 11.7. The quantitative estimate of drug-likeness (QED) is 0.912. The van der Waals surface area contributed by atoms with E-state index in [2.05, 4.69) is 25.8 Å². The van der Waals surface area contributed by atoms with Crippen molar-refractivity contribution in [2.45, 2.75) is 38.7 Å². The number of hydrogen-bond acceptors (Lipinski definition) is 3. The summed E-state index contributed by atoms with van der Waals surface area (Å²) in [6.07, 6.45) is 2.49. The van der Waals surface area contributed by atoms with Crippen molar-refractivity contribution in [3.05, 3.63) is 29.1 Å². The molecule has 22 heavy (non-hydrogen) atoms. The Morgan fingerprint density at radius 3 is 2.50 bits per heavy atom. The summed E-state index contributed by atoms with van der Waals surface area (Å²) in [6, 6.07) is 3.58. The summed E-state index contributed by atoms with van der Waals surface area (Å²) in [5.41, 5.74) is -0.0955. The van der Waals surface area contributed by atoms with Crippen molar-refractivity contribution in [2.24, 2.45) is 11.3 Å². The Balaban J connectivity index is 2.11. The number of hydrogen-bond donors (Lipinski definition) is 1. The molecule has 1 unspecified atom stereocenters. The van der Waals surface area contributed by atoms with Gasteiger partial charge in [0.2, 0.25) is 0 Å². The van der Waals surface area contributed by atoms with Gasteiger partial charge >= 0.3 is 0 Å². The van der Waals surface area contributed by atoms with Crippen molar-refractivity contribution in [2.75, 3.05) is 27.2 Å². The van der Waals surface area contributed by atoms with Crippen LogP contribution in [0.1, 0.15) is 37.8 Å². The monoisotopic (exact) mass is 307 g/mol. The van der Waals surface area contributed by atoms with Gasteiger partial charge in [-0.05, 0) is 56.9 Å². The molecule has 1 aromatic rings. The first-order valence-corrected chi connectivity index (χ1v) is 8.08. The minimum absolute atomic E-state index is 0.0848. The van der Waals surface area contributed by atoms with E-state index >= 15 is 0 Å². The van der Waals surface area contributed by atoms with E-state index in [1.165, 1.54) is 7.11 Å². The number of fused-ring (bicyclic) bond motifs is 1. The zero-order valence-electron chi connectivity index (χ0n) is 13.9. The van der Waals surface area contributed by atoms with Crippen LogP contribution in [0.5, 0.6) is 5.75 Å². The van der Waals surface area contributed by atoms with Crippen LogP contribution in [0.4, 0.5) is 4.39 Å². The molecule has 4 heteroatoms. The fraction of sp³-hybridized carbons (Fsp3) is 0.667. The second-order valence-corrected chi connectivity index (χ2v) is 7.52. The van der Waals surface area contributed by atoms with E-state index in [1.807, 2.05) is 6.07 Å². The molecule has 1 N–H and O–H groups in total. The van der Waals surface area contributed by atoms with Crippen LogP contribution in [0.15, 0.2) is 12.1 Å². The Labute approximate surface area is 132 Å². The van der Waals surface area contributed by atoms with Crippen molar-refractivity contribution in [3.63, 3.8) is 0 Å². The molecule has 0 amide bonds. The van der Waals surface area contributed by atoms with Crippen molar-refractivity contribution in [3.8, 4) is 5.75 Å². The smallest absolute Gasteiger partial charge is 0.171 e. The number of methoxy groups -OCH3 is 1. The highest BCUT2D eigenvalue weighted by Crippen LogP contribution is 2.57. The highest BCUT2D eigenvalue weighted by atomic mass is 19.1. The summed E-state index contributed by atoms with van der Waals surface area (Å²) in [5.74, 6) is -0.0728. The number of benzene rings is 1. The molecule has 3 rings (SSSR count). The van der Waals surface area contributed by atoms with Crippen LogP contribution >= 0.6 is 0 Å². The van der Waals surface area contributed by atoms with E-state index in [0.29, 0.717) is 12.0 Å². The summed E-state index contributed by atoms with van der Waals surface area (Å²) >= 11 is 0. The Bertz CT molecular complexity index is 579. The summed E-state index contributed by atoms with van der Waals surface area (Å²) in [4.78, 5) is 2.27. The summed E-state index contributed by atoms with van der Waals surface area (Å²) in [6.45, 7) is 6.00. The van der Waals surface area contributed by atoms with Crippen LogP contribution in [0.3, 0.4) is 0 Å². The SMILES string of the molecule is COc1ccc2c(c1F)C(O)(C1CCN(C)CC1)C(C)(C)C2. The molecule has 1 aliphatic carbocycles. The fourth-order valence-corrected chi connectivity index (χ4v) is 4.45. The van der Waals surface area contributed by atoms with Crippen LogP contribution in [0.25, 0.3) is 0 Å². The molecule has 1 heterocycles. The first-order chi connectivity index (χ1) is 10.3. The molecule has 0 aromatic heterocycles. The number of piperidine rings is 1. The van der Waals surface area contributed by atoms with Crippen molar-refractivity contribution >= 4 is 0 Å². The molecule has 3 nitrogen and oxygen atoms in total. The molecule has 1 saturated heterocycles. The molecular formula is C18H26FNO2. The lowest BCUT2D eigenvalue weighted by Gasteiger charge is -2.46. The van der Waals surface area contributed by atoms with Crippen LogP contribution in [-0.2, 0) is 12.0 Å². The van der Waals surface area contributed by atoms with Crippen LogP contribution < -0.4 is 4.74 Å². The zero-order chi connectivity index (χ0) is 16.1. The van der Waals surface area contributed by atoms with Crippen LogP contribution in [0, 0.1) is 17.2 Å². The van der Waals surface area contributed by atoms with Crippen molar-refractivity contribution < 1.29 is 14.2 Å². The van der Waals surface area contributed by atoms with E-state index in [4.69, 9.17) is 4.74 Å². The maximum absolute atomic E-state index is 14.9. The minimum atomic E-state index is -1.12. The average molecular weight is 307 g/mol. The largest absolute Gasteiger partial charge is 0.494 e. The third-order valence-electron chi connectivity index (χ3n) is 5.77. The number of aliphatic hydroxyl groups is 1. The molecule has 0 spiro atoms. The van der Waals surface area contributed by atoms with Gasteiger partial charge in [0, 0.05) is 11.0 Å². The van der Waals surface area contributed by atoms with Gasteiger partial charge in [-0.3, -0.25) is 0 Å². The lowest BCUT2D eigenvalue weighted by Crippen LogP contribution is -2.49. The van der Waals surface area contributed by atoms with E-state index < -0.39 is 5.60 Å². The second kappa shape index (κ2) is 5.20. The average Bonchev–Trinajstić information content (AvgIpc) is 2.68. The molecule has 0 bridgehead atoms. The van der Waals surface area contributed by atoms with Crippen LogP contribution in [-0.4, -0.2) is 37.3 Å². The highest BCUT2D eigenvalue weighted by molar-refractivity contribution is 5.47. The number of halogens is 1. The first kappa shape index (κ1) is 15.8. The minimum Gasteiger partial charge on any atom is -0.494 e. The predicted octanol–water partition coefficient (Wildman–Crippen LogP) is 2.95. The number of ether oxygens (including phenoxy) is 1. The van der Waals surface area contributed by atoms with Gasteiger partial charge in [-0.1, -0.05) is 19.9 Å². The normalized spacial score (nSPS) is 28.6. The van der Waals surface area contributed by atoms with E-state index in [9.17, 15) is 9.50 Å². The van der Waals surface area contributed by atoms with E-state index in [-0.39, 0.29) is 22.9 Å². The molecule has 1 aliphatic heterocycles. The third kappa shape index (κ3) is 2.08. The molecule has 2 aliphatic rings. The topological polar surface area (TPSA) is 32.7 Å². The second-order valence-electron chi connectivity index (χ2n) is 7.52. The Hall–Kier alpha value is -1.13. The summed E-state index contributed by atoms with van der Waals surface area (Å²) < 4.78 is 20.1. The fourth-order valence-electron chi connectivity index (χ4n) is 4.45. The molecule has 122 valence electrons. The Kier molecular flexibility index (Phi) is 3.73. The van der Waals surface area contributed by atoms with Gasteiger partial charge < -0.3 is 14.7 Å². The maximum Gasteiger partial charge on any atom is 0.171 e. The zero-order valence-corrected chi connectivity index (χ0v) is 13.9. The lowest BCUT2D eigenvalue weighted by molar-refractivity contribution is -0.123. The van der Waals surface area contributed by atoms with Gasteiger partial charge in [0.1, 0.15) is 5.60 Å². The standard InChI is InChI=1S/C18H26FNO2/c1-17(2)11-12-5-6-14(22-4)16(19)15(12)18(17,21)13-7-9-20(3)10-8-13/h5-6,13,21H,7-11H2,1-4H3. The lowest BCUT2D eigenvalue weighted by atomic mass is 9.65. The van der Waals surface area contributed by atoms with Crippen LogP contribution in [0.2, 0.25) is 0 Å². The Morgan fingerprint density at radius 1 is 1.27 bits per heavy atom. The molecular weight excluding hydrogens is 281 g/mol. The molecule has 0 saturated carbocycles. The summed E-state index contributed by atoms with van der Waals surface area (Å²) in [7, 11) is 3.57. The van der Waals surface area contributed by atoms with E-state index in [0.717, 1.165) is 31.5 Å². The third-order valence-corrected chi connectivity index (χ3v) is 5.77. The molecule has 1 aromatic carbocycles. The Morgan fingerprint density at radius 2 is 1.91 bits per heavy atom. The van der Waals surface area contributed by atoms with Crippen molar-refractivity contribution in [1.82, 2.24) is 4.90 Å². The number of nitrogens with zero attached hydrogens (tertiary/aromatic N) is 1. The van der Waals surface area contributed by atoms with Gasteiger partial charge in [0.05, 0.1) is 7.11 Å². The molecule has 1 atom stereocenters. The van der Waals surface area contributed by atoms with Crippen molar-refractivity contribution in [1.29, 1.82) is 0 Å². The van der Waals surface area contributed by atoms with Gasteiger partial charge in [-0.15, -0.1) is 0 Å². The predicted molar refractivity (Wildman–Crippen MR) is 84.6 cm³/mol. The van der Waals surface area contributed by atoms with Gasteiger partial charge in [-0.2, -0.15) is 0 Å². The van der Waals surface area contributed by atoms with Gasteiger partial charge in [0.25, 0.3) is 0 Å². The van der Waals surface area contributed by atoms with Gasteiger partial charge in [-0.25, -0.2) is 4.39 Å². The number of likely N-dealkylation sites (tertiary alicyclic amines) is 1. The maximum atomic E-state index is 14.9. The highest BCUT2D eigenvalue weighted by Gasteiger charge is 2.57. The first-order valence-electron chi connectivity index (χ1n) is 8.08. The van der Waals surface area contributed by atoms with Gasteiger partial charge in [0.15, 0.2) is 11.6 Å². The molecule has 1 fully saturated rings. The molecule has 0 radical (unpaired) electrons.